The number of aliphatic hydroxyl groups excluding tert-OH is 1. The van der Waals surface area contributed by atoms with Gasteiger partial charge in [0, 0.05) is 11.9 Å². The fourth-order valence-corrected chi connectivity index (χ4v) is 2.49. The van der Waals surface area contributed by atoms with Crippen LogP contribution in [0, 0.1) is 5.82 Å². The Labute approximate surface area is 142 Å². The molecule has 0 aliphatic heterocycles. The van der Waals surface area contributed by atoms with E-state index in [1.807, 2.05) is 0 Å². The molecule has 0 saturated heterocycles. The highest BCUT2D eigenvalue weighted by atomic mass is 19.1. The van der Waals surface area contributed by atoms with E-state index in [-0.39, 0.29) is 24.4 Å². The minimum absolute atomic E-state index is 0.0113. The summed E-state index contributed by atoms with van der Waals surface area (Å²) in [5.41, 5.74) is 0.858. The van der Waals surface area contributed by atoms with Gasteiger partial charge in [0.2, 0.25) is 11.3 Å². The minimum Gasteiger partial charge on any atom is -0.387 e. The number of amides is 1. The van der Waals surface area contributed by atoms with Crippen LogP contribution < -0.4 is 10.7 Å². The van der Waals surface area contributed by atoms with Crippen LogP contribution in [0.1, 0.15) is 11.7 Å². The Kier molecular flexibility index (Phi) is 4.85. The Bertz CT molecular complexity index is 954. The van der Waals surface area contributed by atoms with E-state index < -0.39 is 11.9 Å². The summed E-state index contributed by atoms with van der Waals surface area (Å²) in [5, 5.41) is 17.1. The second-order valence-electron chi connectivity index (χ2n) is 5.56. The summed E-state index contributed by atoms with van der Waals surface area (Å²) < 4.78 is 14.3. The maximum Gasteiger partial charge on any atom is 0.241 e. The normalized spacial score (nSPS) is 12.1. The van der Waals surface area contributed by atoms with E-state index >= 15 is 0 Å². The molecule has 1 atom stereocenters. The lowest BCUT2D eigenvalue weighted by atomic mass is 10.1. The third kappa shape index (κ3) is 3.89. The first kappa shape index (κ1) is 16.8. The minimum atomic E-state index is -0.941. The topological polar surface area (TPSA) is 84.2 Å². The Morgan fingerprint density at radius 2 is 1.92 bits per heavy atom. The van der Waals surface area contributed by atoms with Gasteiger partial charge in [0.25, 0.3) is 0 Å². The van der Waals surface area contributed by atoms with Crippen molar-refractivity contribution < 1.29 is 14.3 Å². The van der Waals surface area contributed by atoms with E-state index in [0.29, 0.717) is 16.5 Å². The number of nitrogens with zero attached hydrogens (tertiary/aromatic N) is 2. The maximum absolute atomic E-state index is 12.9. The van der Waals surface area contributed by atoms with Crippen molar-refractivity contribution in [2.75, 3.05) is 6.54 Å². The molecule has 1 amide bonds. The quantitative estimate of drug-likeness (QED) is 0.734. The van der Waals surface area contributed by atoms with E-state index in [1.54, 1.807) is 24.3 Å². The molecule has 2 aromatic carbocycles. The fraction of sp³-hybridized carbons (Fsp3) is 0.167. The Balaban J connectivity index is 1.66. The number of hydrogen-bond donors (Lipinski definition) is 2. The monoisotopic (exact) mass is 341 g/mol. The largest absolute Gasteiger partial charge is 0.387 e. The summed E-state index contributed by atoms with van der Waals surface area (Å²) in [4.78, 5) is 23.9. The summed E-state index contributed by atoms with van der Waals surface area (Å²) in [6.45, 7) is -0.0977. The van der Waals surface area contributed by atoms with Crippen molar-refractivity contribution in [1.29, 1.82) is 0 Å². The number of aliphatic hydroxyl groups is 1. The molecule has 0 spiro atoms. The van der Waals surface area contributed by atoms with Crippen LogP contribution >= 0.6 is 0 Å². The van der Waals surface area contributed by atoms with Crippen molar-refractivity contribution in [3.63, 3.8) is 0 Å². The highest BCUT2D eigenvalue weighted by molar-refractivity contribution is 5.81. The molecule has 0 saturated carbocycles. The number of rotatable bonds is 5. The number of carbonyl (C=O) groups excluding carboxylic acids is 1. The lowest BCUT2D eigenvalue weighted by molar-refractivity contribution is -0.122. The molecule has 1 heterocycles. The lowest BCUT2D eigenvalue weighted by Crippen LogP contribution is -2.32. The summed E-state index contributed by atoms with van der Waals surface area (Å²) in [5.74, 6) is -0.751. The Morgan fingerprint density at radius 1 is 1.20 bits per heavy atom. The molecule has 0 radical (unpaired) electrons. The number of hydrogen-bond acceptors (Lipinski definition) is 4. The average molecular weight is 341 g/mol. The molecule has 0 bridgehead atoms. The zero-order valence-electron chi connectivity index (χ0n) is 13.2. The third-order valence-corrected chi connectivity index (χ3v) is 3.80. The molecule has 0 fully saturated rings. The first-order valence-corrected chi connectivity index (χ1v) is 7.69. The van der Waals surface area contributed by atoms with E-state index in [4.69, 9.17) is 0 Å². The van der Waals surface area contributed by atoms with Crippen molar-refractivity contribution in [2.24, 2.45) is 0 Å². The molecule has 2 N–H and O–H groups in total. The van der Waals surface area contributed by atoms with Gasteiger partial charge in [-0.1, -0.05) is 24.3 Å². The number of halogens is 1. The van der Waals surface area contributed by atoms with Gasteiger partial charge in [-0.25, -0.2) is 4.39 Å². The number of fused-ring (bicyclic) bond motifs is 1. The van der Waals surface area contributed by atoms with Gasteiger partial charge in [0.05, 0.1) is 17.8 Å². The van der Waals surface area contributed by atoms with E-state index in [1.165, 1.54) is 35.1 Å². The zero-order valence-corrected chi connectivity index (χ0v) is 13.2. The number of aromatic nitrogens is 2. The second-order valence-corrected chi connectivity index (χ2v) is 5.56. The van der Waals surface area contributed by atoms with E-state index in [2.05, 4.69) is 10.4 Å². The van der Waals surface area contributed by atoms with Gasteiger partial charge >= 0.3 is 0 Å². The van der Waals surface area contributed by atoms with Gasteiger partial charge in [0.1, 0.15) is 12.4 Å². The number of benzene rings is 2. The maximum atomic E-state index is 12.9. The fourth-order valence-electron chi connectivity index (χ4n) is 2.49. The van der Waals surface area contributed by atoms with Crippen molar-refractivity contribution in [1.82, 2.24) is 15.1 Å². The molecule has 0 aliphatic carbocycles. The van der Waals surface area contributed by atoms with Crippen LogP contribution in [0.25, 0.3) is 10.9 Å². The second kappa shape index (κ2) is 7.23. The van der Waals surface area contributed by atoms with Crippen LogP contribution in [0.2, 0.25) is 0 Å². The molecule has 3 aromatic rings. The number of para-hydroxylation sites is 1. The third-order valence-electron chi connectivity index (χ3n) is 3.80. The molecular weight excluding hydrogens is 325 g/mol. The van der Waals surface area contributed by atoms with Crippen LogP contribution in [0.5, 0.6) is 0 Å². The smallest absolute Gasteiger partial charge is 0.241 e. The number of nitrogens with one attached hydrogen (secondary N) is 1. The van der Waals surface area contributed by atoms with Crippen molar-refractivity contribution >= 4 is 16.8 Å². The van der Waals surface area contributed by atoms with Gasteiger partial charge in [-0.2, -0.15) is 5.10 Å². The molecule has 25 heavy (non-hydrogen) atoms. The first-order chi connectivity index (χ1) is 12.0. The molecule has 1 aromatic heterocycles. The molecule has 0 aliphatic rings. The van der Waals surface area contributed by atoms with Crippen LogP contribution in [-0.2, 0) is 11.3 Å². The first-order valence-electron chi connectivity index (χ1n) is 7.69. The molecular formula is C18H16FN3O3. The van der Waals surface area contributed by atoms with Gasteiger partial charge in [0.15, 0.2) is 0 Å². The van der Waals surface area contributed by atoms with Crippen LogP contribution in [0.4, 0.5) is 4.39 Å². The predicted octanol–water partition coefficient (Wildman–Crippen LogP) is 1.39. The molecule has 128 valence electrons. The molecule has 6 nitrogen and oxygen atoms in total. The van der Waals surface area contributed by atoms with Crippen LogP contribution in [0.3, 0.4) is 0 Å². The van der Waals surface area contributed by atoms with Gasteiger partial charge in [-0.15, -0.1) is 0 Å². The van der Waals surface area contributed by atoms with Gasteiger partial charge in [-0.05, 0) is 29.8 Å². The van der Waals surface area contributed by atoms with Gasteiger partial charge < -0.3 is 10.4 Å². The SMILES string of the molecule is O=C(Cn1ncc(=O)c2ccccc21)NCC(O)c1ccc(F)cc1. The summed E-state index contributed by atoms with van der Waals surface area (Å²) in [6, 6.07) is 12.3. The van der Waals surface area contributed by atoms with Crippen molar-refractivity contribution in [2.45, 2.75) is 12.6 Å². The molecule has 3 rings (SSSR count). The van der Waals surface area contributed by atoms with Crippen LogP contribution in [0.15, 0.2) is 59.5 Å². The molecule has 7 heteroatoms. The highest BCUT2D eigenvalue weighted by Gasteiger charge is 2.11. The highest BCUT2D eigenvalue weighted by Crippen LogP contribution is 2.12. The van der Waals surface area contributed by atoms with E-state index in [0.717, 1.165) is 0 Å². The Hall–Kier alpha value is -3.06. The summed E-state index contributed by atoms with van der Waals surface area (Å²) in [6.07, 6.45) is 0.228. The van der Waals surface area contributed by atoms with E-state index in [9.17, 15) is 19.1 Å². The van der Waals surface area contributed by atoms with Crippen molar-refractivity contribution in [3.05, 3.63) is 76.3 Å². The van der Waals surface area contributed by atoms with Crippen molar-refractivity contribution in [3.8, 4) is 0 Å². The van der Waals surface area contributed by atoms with Gasteiger partial charge in [-0.3, -0.25) is 14.3 Å². The van der Waals surface area contributed by atoms with Crippen LogP contribution in [-0.4, -0.2) is 27.3 Å². The predicted molar refractivity (Wildman–Crippen MR) is 90.4 cm³/mol. The standard InChI is InChI=1S/C18H16FN3O3/c19-13-7-5-12(6-8-13)16(23)9-20-18(25)11-22-15-4-2-1-3-14(15)17(24)10-21-22/h1-8,10,16,23H,9,11H2,(H,20,25). The summed E-state index contributed by atoms with van der Waals surface area (Å²) in [7, 11) is 0. The summed E-state index contributed by atoms with van der Waals surface area (Å²) >= 11 is 0. The number of carbonyl (C=O) groups is 1. The Morgan fingerprint density at radius 3 is 2.68 bits per heavy atom. The zero-order chi connectivity index (χ0) is 17.8. The molecule has 1 unspecified atom stereocenters. The average Bonchev–Trinajstić information content (AvgIpc) is 2.63. The lowest BCUT2D eigenvalue weighted by Gasteiger charge is -2.13.